The summed E-state index contributed by atoms with van der Waals surface area (Å²) in [7, 11) is -1.63. The molecule has 2 aromatic rings. The molecule has 9 heteroatoms. The smallest absolute Gasteiger partial charge is 0.251 e. The number of carbonyl (C=O) groups excluding carboxylic acids is 1. The van der Waals surface area contributed by atoms with Crippen LogP contribution in [0.5, 0.6) is 0 Å². The summed E-state index contributed by atoms with van der Waals surface area (Å²) in [6.07, 6.45) is 3.55. The van der Waals surface area contributed by atoms with Crippen LogP contribution in [-0.4, -0.2) is 57.8 Å². The number of nitrogens with two attached hydrogens (primary N) is 1. The third-order valence-corrected chi connectivity index (χ3v) is 7.74. The summed E-state index contributed by atoms with van der Waals surface area (Å²) in [5.41, 5.74) is 7.66. The lowest BCUT2D eigenvalue weighted by molar-refractivity contribution is 0.0931. The number of hydrogen-bond donors (Lipinski definition) is 2. The number of benzene rings is 1. The molecule has 0 saturated heterocycles. The van der Waals surface area contributed by atoms with Crippen LogP contribution in [0.1, 0.15) is 49.5 Å². The van der Waals surface area contributed by atoms with Gasteiger partial charge in [0.1, 0.15) is 11.6 Å². The van der Waals surface area contributed by atoms with Gasteiger partial charge >= 0.3 is 0 Å². The van der Waals surface area contributed by atoms with E-state index in [9.17, 15) is 13.2 Å². The van der Waals surface area contributed by atoms with Gasteiger partial charge in [-0.2, -0.15) is 0 Å². The van der Waals surface area contributed by atoms with Crippen molar-refractivity contribution >= 4 is 27.6 Å². The van der Waals surface area contributed by atoms with Gasteiger partial charge < -0.3 is 16.0 Å². The Morgan fingerprint density at radius 2 is 1.86 bits per heavy atom. The van der Waals surface area contributed by atoms with Gasteiger partial charge in [-0.25, -0.2) is 13.4 Å². The maximum Gasteiger partial charge on any atom is 0.251 e. The monoisotopic (exact) mass is 501 g/mol. The van der Waals surface area contributed by atoms with E-state index in [1.807, 2.05) is 56.1 Å². The summed E-state index contributed by atoms with van der Waals surface area (Å²) >= 11 is 0. The standard InChI is InChI=1S/C26H39N5O3S/c1-6-12-31(35(5,33)34)25-16-21(15-24(29-25)30(4)17-22-13-18(22)2)26(32)28-23(19(3)27)14-20-10-8-7-9-11-20/h7-11,15-16,18-19,22-23H,6,12-14,17,27H2,1-5H3,(H,28,32)/t18?,19-,22?,23-/m0/s1. The average molecular weight is 502 g/mol. The maximum absolute atomic E-state index is 13.4. The highest BCUT2D eigenvalue weighted by Crippen LogP contribution is 2.38. The van der Waals surface area contributed by atoms with E-state index >= 15 is 0 Å². The van der Waals surface area contributed by atoms with Gasteiger partial charge in [-0.1, -0.05) is 44.2 Å². The highest BCUT2D eigenvalue weighted by Gasteiger charge is 2.34. The van der Waals surface area contributed by atoms with Crippen molar-refractivity contribution in [3.8, 4) is 0 Å². The molecule has 3 rings (SSSR count). The molecule has 192 valence electrons. The molecule has 1 heterocycles. The van der Waals surface area contributed by atoms with Crippen LogP contribution in [0.3, 0.4) is 0 Å². The first kappa shape index (κ1) is 26.9. The molecular formula is C26H39N5O3S. The molecule has 0 bridgehead atoms. The first-order valence-electron chi connectivity index (χ1n) is 12.3. The van der Waals surface area contributed by atoms with Crippen LogP contribution in [0.2, 0.25) is 0 Å². The minimum Gasteiger partial charge on any atom is -0.359 e. The highest BCUT2D eigenvalue weighted by molar-refractivity contribution is 7.92. The topological polar surface area (TPSA) is 109 Å². The second-order valence-electron chi connectivity index (χ2n) is 9.89. The Hall–Kier alpha value is -2.65. The Kier molecular flexibility index (Phi) is 8.77. The van der Waals surface area contributed by atoms with Crippen molar-refractivity contribution in [1.29, 1.82) is 0 Å². The summed E-state index contributed by atoms with van der Waals surface area (Å²) in [5, 5.41) is 3.07. The van der Waals surface area contributed by atoms with E-state index in [2.05, 4.69) is 17.2 Å². The molecule has 1 aromatic carbocycles. The molecule has 1 aliphatic carbocycles. The lowest BCUT2D eigenvalue weighted by Gasteiger charge is -2.26. The van der Waals surface area contributed by atoms with E-state index in [0.29, 0.717) is 36.1 Å². The largest absolute Gasteiger partial charge is 0.359 e. The van der Waals surface area contributed by atoms with Crippen LogP contribution in [0.4, 0.5) is 11.6 Å². The second-order valence-corrected chi connectivity index (χ2v) is 11.8. The van der Waals surface area contributed by atoms with Crippen molar-refractivity contribution in [1.82, 2.24) is 10.3 Å². The van der Waals surface area contributed by atoms with E-state index < -0.39 is 10.0 Å². The van der Waals surface area contributed by atoms with Crippen LogP contribution in [-0.2, 0) is 16.4 Å². The Labute approximate surface area is 210 Å². The minimum absolute atomic E-state index is 0.258. The molecule has 1 amide bonds. The molecule has 1 saturated carbocycles. The van der Waals surface area contributed by atoms with Gasteiger partial charge in [-0.05, 0) is 55.7 Å². The van der Waals surface area contributed by atoms with E-state index in [-0.39, 0.29) is 30.4 Å². The van der Waals surface area contributed by atoms with E-state index in [0.717, 1.165) is 18.5 Å². The molecule has 4 atom stereocenters. The SMILES string of the molecule is CCCN(c1cc(C(=O)N[C@@H](Cc2ccccc2)[C@H](C)N)cc(N(C)CC2CC2C)n1)S(C)(=O)=O. The highest BCUT2D eigenvalue weighted by atomic mass is 32.2. The molecule has 1 aliphatic rings. The van der Waals surface area contributed by atoms with Crippen LogP contribution in [0.25, 0.3) is 0 Å². The molecule has 1 aromatic heterocycles. The van der Waals surface area contributed by atoms with Gasteiger partial charge in [-0.3, -0.25) is 9.10 Å². The molecule has 3 N–H and O–H groups in total. The van der Waals surface area contributed by atoms with Crippen molar-refractivity contribution in [2.75, 3.05) is 35.6 Å². The number of pyridine rings is 1. The van der Waals surface area contributed by atoms with Crippen molar-refractivity contribution in [2.24, 2.45) is 17.6 Å². The normalized spacial score (nSPS) is 19.0. The average Bonchev–Trinajstić information content (AvgIpc) is 3.50. The molecular weight excluding hydrogens is 462 g/mol. The van der Waals surface area contributed by atoms with Gasteiger partial charge in [-0.15, -0.1) is 0 Å². The number of anilines is 2. The van der Waals surface area contributed by atoms with E-state index in [1.165, 1.54) is 10.6 Å². The van der Waals surface area contributed by atoms with Gasteiger partial charge in [0.2, 0.25) is 10.0 Å². The number of carbonyl (C=O) groups is 1. The zero-order valence-electron chi connectivity index (χ0n) is 21.4. The lowest BCUT2D eigenvalue weighted by atomic mass is 10.0. The van der Waals surface area contributed by atoms with Crippen molar-refractivity contribution < 1.29 is 13.2 Å². The summed E-state index contributed by atoms with van der Waals surface area (Å²) in [4.78, 5) is 20.1. The third kappa shape index (κ3) is 7.41. The molecule has 0 aliphatic heterocycles. The first-order valence-corrected chi connectivity index (χ1v) is 14.2. The van der Waals surface area contributed by atoms with Gasteiger partial charge in [0, 0.05) is 37.8 Å². The van der Waals surface area contributed by atoms with Gasteiger partial charge in [0.15, 0.2) is 0 Å². The third-order valence-electron chi connectivity index (χ3n) is 6.57. The van der Waals surface area contributed by atoms with Gasteiger partial charge in [0.05, 0.1) is 6.26 Å². The summed E-state index contributed by atoms with van der Waals surface area (Å²) < 4.78 is 26.4. The van der Waals surface area contributed by atoms with E-state index in [1.54, 1.807) is 12.1 Å². The Balaban J connectivity index is 1.93. The summed E-state index contributed by atoms with van der Waals surface area (Å²) in [6, 6.07) is 12.6. The molecule has 2 unspecified atom stereocenters. The zero-order chi connectivity index (χ0) is 25.8. The first-order chi connectivity index (χ1) is 16.5. The second kappa shape index (κ2) is 11.4. The minimum atomic E-state index is -3.56. The van der Waals surface area contributed by atoms with Crippen LogP contribution in [0, 0.1) is 11.8 Å². The number of amides is 1. The summed E-state index contributed by atoms with van der Waals surface area (Å²) in [5.74, 6) is 1.79. The fourth-order valence-electron chi connectivity index (χ4n) is 4.20. The number of aromatic nitrogens is 1. The molecule has 8 nitrogen and oxygen atoms in total. The van der Waals surface area contributed by atoms with Crippen LogP contribution in [0.15, 0.2) is 42.5 Å². The van der Waals surface area contributed by atoms with Crippen molar-refractivity contribution in [3.63, 3.8) is 0 Å². The molecule has 0 spiro atoms. The molecule has 1 fully saturated rings. The number of rotatable bonds is 12. The van der Waals surface area contributed by atoms with Crippen molar-refractivity contribution in [2.45, 2.75) is 52.1 Å². The summed E-state index contributed by atoms with van der Waals surface area (Å²) in [6.45, 7) is 7.09. The lowest BCUT2D eigenvalue weighted by Crippen LogP contribution is -2.47. The number of nitrogens with zero attached hydrogens (tertiary/aromatic N) is 3. The predicted molar refractivity (Wildman–Crippen MR) is 142 cm³/mol. The van der Waals surface area contributed by atoms with Crippen LogP contribution >= 0.6 is 0 Å². The number of nitrogens with one attached hydrogen (secondary N) is 1. The number of hydrogen-bond acceptors (Lipinski definition) is 6. The Morgan fingerprint density at radius 3 is 2.40 bits per heavy atom. The molecule has 35 heavy (non-hydrogen) atoms. The zero-order valence-corrected chi connectivity index (χ0v) is 22.3. The van der Waals surface area contributed by atoms with Crippen molar-refractivity contribution in [3.05, 3.63) is 53.6 Å². The van der Waals surface area contributed by atoms with E-state index in [4.69, 9.17) is 5.73 Å². The van der Waals surface area contributed by atoms with Crippen LogP contribution < -0.4 is 20.3 Å². The Bertz CT molecular complexity index is 1110. The quantitative estimate of drug-likeness (QED) is 0.463. The fourth-order valence-corrected chi connectivity index (χ4v) is 5.14. The fraction of sp³-hybridized carbons (Fsp3) is 0.538. The Morgan fingerprint density at radius 1 is 1.23 bits per heavy atom. The number of sulfonamides is 1. The maximum atomic E-state index is 13.4. The molecule has 0 radical (unpaired) electrons. The van der Waals surface area contributed by atoms with Gasteiger partial charge in [0.25, 0.3) is 5.91 Å². The predicted octanol–water partition coefficient (Wildman–Crippen LogP) is 3.04.